The summed E-state index contributed by atoms with van der Waals surface area (Å²) in [5.74, 6) is 0.521. The van der Waals surface area contributed by atoms with Crippen LogP contribution < -0.4 is 5.73 Å². The zero-order valence-electron chi connectivity index (χ0n) is 10.3. The summed E-state index contributed by atoms with van der Waals surface area (Å²) in [7, 11) is 0. The Morgan fingerprint density at radius 3 is 2.11 bits per heavy atom. The van der Waals surface area contributed by atoms with E-state index in [4.69, 9.17) is 5.73 Å². The molecule has 2 aromatic carbocycles. The smallest absolute Gasteiger partial charge is 0.0298 e. The molecule has 0 heterocycles. The fourth-order valence-electron chi connectivity index (χ4n) is 2.85. The monoisotopic (exact) mass is 259 g/mol. The largest absolute Gasteiger partial charge is 0.324 e. The van der Waals surface area contributed by atoms with Gasteiger partial charge in [0.05, 0.1) is 0 Å². The Kier molecular flexibility index (Phi) is 4.05. The first-order chi connectivity index (χ1) is 8.36. The molecule has 2 heteroatoms. The molecule has 0 bridgehead atoms. The van der Waals surface area contributed by atoms with Crippen LogP contribution in [0.25, 0.3) is 0 Å². The summed E-state index contributed by atoms with van der Waals surface area (Å²) < 4.78 is 0. The Labute approximate surface area is 114 Å². The third kappa shape index (κ3) is 2.29. The molecule has 18 heavy (non-hydrogen) atoms. The summed E-state index contributed by atoms with van der Waals surface area (Å²) in [5, 5.41) is 0. The highest BCUT2D eigenvalue weighted by molar-refractivity contribution is 5.85. The van der Waals surface area contributed by atoms with E-state index in [0.717, 1.165) is 12.8 Å². The molecule has 2 N–H and O–H groups in total. The number of nitrogens with two attached hydrogens (primary N) is 1. The van der Waals surface area contributed by atoms with Crippen LogP contribution in [0.15, 0.2) is 54.6 Å². The standard InChI is InChI=1S/C16H17N.ClH/c17-16-11-10-13(12-6-2-1-3-7-12)14-8-4-5-9-15(14)16;/h1-9,13,16H,10-11,17H2;1H/t13-,16-;/m1./s1. The van der Waals surface area contributed by atoms with Crippen molar-refractivity contribution in [2.24, 2.45) is 5.73 Å². The topological polar surface area (TPSA) is 26.0 Å². The first-order valence-electron chi connectivity index (χ1n) is 6.25. The summed E-state index contributed by atoms with van der Waals surface area (Å²) in [4.78, 5) is 0. The molecule has 94 valence electrons. The molecule has 1 aliphatic rings. The van der Waals surface area contributed by atoms with E-state index in [9.17, 15) is 0 Å². The normalized spacial score (nSPS) is 21.8. The molecular formula is C16H18ClN. The molecule has 0 unspecified atom stereocenters. The fourth-order valence-corrected chi connectivity index (χ4v) is 2.85. The van der Waals surface area contributed by atoms with Crippen molar-refractivity contribution in [1.82, 2.24) is 0 Å². The van der Waals surface area contributed by atoms with Gasteiger partial charge in [0.15, 0.2) is 0 Å². The van der Waals surface area contributed by atoms with Gasteiger partial charge in [0.25, 0.3) is 0 Å². The van der Waals surface area contributed by atoms with E-state index in [2.05, 4.69) is 54.6 Å². The minimum Gasteiger partial charge on any atom is -0.324 e. The Hall–Kier alpha value is -1.31. The van der Waals surface area contributed by atoms with Gasteiger partial charge in [-0.1, -0.05) is 54.6 Å². The molecule has 0 aromatic heterocycles. The molecule has 2 atom stereocenters. The van der Waals surface area contributed by atoms with Gasteiger partial charge in [-0.25, -0.2) is 0 Å². The predicted molar refractivity (Wildman–Crippen MR) is 78.1 cm³/mol. The molecule has 0 saturated carbocycles. The molecular weight excluding hydrogens is 242 g/mol. The van der Waals surface area contributed by atoms with Crippen LogP contribution in [0.1, 0.15) is 41.5 Å². The van der Waals surface area contributed by atoms with Crippen LogP contribution in [0.5, 0.6) is 0 Å². The van der Waals surface area contributed by atoms with Gasteiger partial charge in [-0.05, 0) is 29.5 Å². The third-order valence-electron chi connectivity index (χ3n) is 3.74. The van der Waals surface area contributed by atoms with E-state index in [1.165, 1.54) is 16.7 Å². The Balaban J connectivity index is 0.00000120. The highest BCUT2D eigenvalue weighted by Gasteiger charge is 2.25. The predicted octanol–water partition coefficient (Wildman–Crippen LogP) is 4.03. The quantitative estimate of drug-likeness (QED) is 0.822. The van der Waals surface area contributed by atoms with Gasteiger partial charge in [-0.15, -0.1) is 12.4 Å². The summed E-state index contributed by atoms with van der Waals surface area (Å²) in [5.41, 5.74) is 10.3. The molecule has 1 aliphatic carbocycles. The number of hydrogen-bond donors (Lipinski definition) is 1. The van der Waals surface area contributed by atoms with Crippen LogP contribution >= 0.6 is 12.4 Å². The van der Waals surface area contributed by atoms with Gasteiger partial charge in [0.2, 0.25) is 0 Å². The average Bonchev–Trinajstić information content (AvgIpc) is 2.41. The van der Waals surface area contributed by atoms with Crippen LogP contribution in [-0.2, 0) is 0 Å². The molecule has 0 aliphatic heterocycles. The van der Waals surface area contributed by atoms with Gasteiger partial charge >= 0.3 is 0 Å². The minimum absolute atomic E-state index is 0. The zero-order chi connectivity index (χ0) is 11.7. The second kappa shape index (κ2) is 5.55. The molecule has 0 amide bonds. The van der Waals surface area contributed by atoms with Crippen molar-refractivity contribution >= 4 is 12.4 Å². The number of hydrogen-bond acceptors (Lipinski definition) is 1. The zero-order valence-corrected chi connectivity index (χ0v) is 11.1. The Bertz CT molecular complexity index is 510. The third-order valence-corrected chi connectivity index (χ3v) is 3.74. The van der Waals surface area contributed by atoms with Crippen molar-refractivity contribution in [2.45, 2.75) is 24.8 Å². The van der Waals surface area contributed by atoms with E-state index in [0.29, 0.717) is 5.92 Å². The summed E-state index contributed by atoms with van der Waals surface area (Å²) in [6, 6.07) is 19.6. The van der Waals surface area contributed by atoms with Crippen molar-refractivity contribution < 1.29 is 0 Å². The number of fused-ring (bicyclic) bond motifs is 1. The van der Waals surface area contributed by atoms with Crippen molar-refractivity contribution in [3.05, 3.63) is 71.3 Å². The van der Waals surface area contributed by atoms with Crippen LogP contribution in [0.2, 0.25) is 0 Å². The second-order valence-corrected chi connectivity index (χ2v) is 4.78. The van der Waals surface area contributed by atoms with E-state index >= 15 is 0 Å². The van der Waals surface area contributed by atoms with E-state index in [-0.39, 0.29) is 18.4 Å². The van der Waals surface area contributed by atoms with Gasteiger partial charge in [-0.2, -0.15) is 0 Å². The van der Waals surface area contributed by atoms with Crippen LogP contribution in [0.4, 0.5) is 0 Å². The summed E-state index contributed by atoms with van der Waals surface area (Å²) in [6.07, 6.45) is 2.23. The maximum atomic E-state index is 6.19. The molecule has 0 fully saturated rings. The first kappa shape index (κ1) is 13.1. The second-order valence-electron chi connectivity index (χ2n) is 4.78. The van der Waals surface area contributed by atoms with E-state index in [1.54, 1.807) is 0 Å². The van der Waals surface area contributed by atoms with Gasteiger partial charge in [0, 0.05) is 12.0 Å². The lowest BCUT2D eigenvalue weighted by molar-refractivity contribution is 0.530. The average molecular weight is 260 g/mol. The lowest BCUT2D eigenvalue weighted by atomic mass is 9.77. The van der Waals surface area contributed by atoms with Crippen LogP contribution in [-0.4, -0.2) is 0 Å². The lowest BCUT2D eigenvalue weighted by Gasteiger charge is -2.29. The Morgan fingerprint density at radius 1 is 0.778 bits per heavy atom. The van der Waals surface area contributed by atoms with Crippen LogP contribution in [0, 0.1) is 0 Å². The highest BCUT2D eigenvalue weighted by Crippen LogP contribution is 2.39. The fraction of sp³-hybridized carbons (Fsp3) is 0.250. The highest BCUT2D eigenvalue weighted by atomic mass is 35.5. The maximum absolute atomic E-state index is 6.19. The maximum Gasteiger partial charge on any atom is 0.0298 e. The van der Waals surface area contributed by atoms with Gasteiger partial charge in [0.1, 0.15) is 0 Å². The minimum atomic E-state index is 0. The first-order valence-corrected chi connectivity index (χ1v) is 6.25. The molecule has 1 nitrogen and oxygen atoms in total. The molecule has 3 rings (SSSR count). The van der Waals surface area contributed by atoms with Gasteiger partial charge in [-0.3, -0.25) is 0 Å². The van der Waals surface area contributed by atoms with Crippen LogP contribution in [0.3, 0.4) is 0 Å². The molecule has 0 saturated heterocycles. The number of benzene rings is 2. The van der Waals surface area contributed by atoms with E-state index in [1.807, 2.05) is 0 Å². The summed E-state index contributed by atoms with van der Waals surface area (Å²) >= 11 is 0. The van der Waals surface area contributed by atoms with Crippen molar-refractivity contribution in [2.75, 3.05) is 0 Å². The SMILES string of the molecule is Cl.N[C@@H]1CC[C@H](c2ccccc2)c2ccccc21. The lowest BCUT2D eigenvalue weighted by Crippen LogP contribution is -2.20. The summed E-state index contributed by atoms with van der Waals surface area (Å²) in [6.45, 7) is 0. The molecule has 0 radical (unpaired) electrons. The molecule has 2 aromatic rings. The Morgan fingerprint density at radius 2 is 1.39 bits per heavy atom. The van der Waals surface area contributed by atoms with Crippen molar-refractivity contribution in [3.63, 3.8) is 0 Å². The van der Waals surface area contributed by atoms with E-state index < -0.39 is 0 Å². The molecule has 0 spiro atoms. The van der Waals surface area contributed by atoms with Gasteiger partial charge < -0.3 is 5.73 Å². The van der Waals surface area contributed by atoms with Crippen molar-refractivity contribution in [3.8, 4) is 0 Å². The number of rotatable bonds is 1. The number of halogens is 1. The van der Waals surface area contributed by atoms with Crippen molar-refractivity contribution in [1.29, 1.82) is 0 Å².